The van der Waals surface area contributed by atoms with Gasteiger partial charge in [0.2, 0.25) is 0 Å². The molecule has 1 aliphatic carbocycles. The Morgan fingerprint density at radius 3 is 2.66 bits per heavy atom. The molecule has 1 unspecified atom stereocenters. The highest BCUT2D eigenvalue weighted by atomic mass is 32.2. The zero-order valence-corrected chi connectivity index (χ0v) is 17.8. The van der Waals surface area contributed by atoms with E-state index < -0.39 is 21.1 Å². The first kappa shape index (κ1) is 21.7. The van der Waals surface area contributed by atoms with E-state index in [4.69, 9.17) is 4.74 Å². The van der Waals surface area contributed by atoms with Crippen molar-refractivity contribution < 1.29 is 21.9 Å². The predicted molar refractivity (Wildman–Crippen MR) is 109 cm³/mol. The topological polar surface area (TPSA) is 118 Å². The summed E-state index contributed by atoms with van der Waals surface area (Å²) >= 11 is -2.51. The third-order valence-electron chi connectivity index (χ3n) is 4.81. The molecule has 0 amide bonds. The van der Waals surface area contributed by atoms with Crippen molar-refractivity contribution in [2.24, 2.45) is 13.0 Å². The van der Waals surface area contributed by atoms with Crippen LogP contribution < -0.4 is 15.0 Å². The van der Waals surface area contributed by atoms with Crippen LogP contribution in [0, 0.1) is 5.92 Å². The SMILES string of the molecule is CCS(=O)(=O)c1ccc(OCC2CC2)c(-c2cc(CNS(=O)[O-])c(=O)n(C)c2)c1. The Bertz CT molecular complexity index is 1090. The number of hydrogen-bond donors (Lipinski definition) is 1. The third-order valence-corrected chi connectivity index (χ3v) is 6.92. The number of benzene rings is 1. The molecule has 1 atom stereocenters. The van der Waals surface area contributed by atoms with Gasteiger partial charge in [0.1, 0.15) is 5.75 Å². The summed E-state index contributed by atoms with van der Waals surface area (Å²) in [6.07, 6.45) is 3.81. The van der Waals surface area contributed by atoms with Crippen LogP contribution in [0.1, 0.15) is 25.3 Å². The number of hydrogen-bond acceptors (Lipinski definition) is 6. The minimum absolute atomic E-state index is 0.0352. The molecule has 1 N–H and O–H groups in total. The summed E-state index contributed by atoms with van der Waals surface area (Å²) in [6, 6.07) is 6.26. The number of pyridine rings is 1. The van der Waals surface area contributed by atoms with Gasteiger partial charge >= 0.3 is 0 Å². The lowest BCUT2D eigenvalue weighted by Gasteiger charge is -2.15. The molecule has 1 aliphatic rings. The fourth-order valence-corrected chi connectivity index (χ4v) is 4.08. The summed E-state index contributed by atoms with van der Waals surface area (Å²) < 4.78 is 55.8. The van der Waals surface area contributed by atoms with Crippen LogP contribution in [0.25, 0.3) is 11.1 Å². The first-order valence-electron chi connectivity index (χ1n) is 9.23. The molecule has 1 fully saturated rings. The zero-order chi connectivity index (χ0) is 21.2. The van der Waals surface area contributed by atoms with E-state index in [0.717, 1.165) is 12.8 Å². The van der Waals surface area contributed by atoms with Gasteiger partial charge in [-0.25, -0.2) is 13.1 Å². The van der Waals surface area contributed by atoms with Gasteiger partial charge in [-0.3, -0.25) is 9.00 Å². The second kappa shape index (κ2) is 8.78. The van der Waals surface area contributed by atoms with Gasteiger partial charge < -0.3 is 13.9 Å². The maximum absolute atomic E-state index is 12.4. The molecule has 8 nitrogen and oxygen atoms in total. The van der Waals surface area contributed by atoms with Crippen LogP contribution in [-0.2, 0) is 34.7 Å². The Kier molecular flexibility index (Phi) is 6.57. The molecule has 2 aromatic rings. The molecule has 0 spiro atoms. The van der Waals surface area contributed by atoms with Gasteiger partial charge in [-0.2, -0.15) is 0 Å². The average molecular weight is 440 g/mol. The standard InChI is InChI=1S/C19H24N2O6S2/c1-3-29(25,26)16-6-7-18(27-12-13-4-5-13)17(9-16)15-8-14(10-20-28(23)24)19(22)21(2)11-15/h6-9,11,13,20H,3-5,10,12H2,1-2H3,(H,23,24)/p-1. The lowest BCUT2D eigenvalue weighted by atomic mass is 10.0. The second-order valence-electron chi connectivity index (χ2n) is 7.04. The number of sulfone groups is 1. The summed E-state index contributed by atoms with van der Waals surface area (Å²) in [4.78, 5) is 12.5. The maximum atomic E-state index is 12.4. The molecule has 0 aliphatic heterocycles. The van der Waals surface area contributed by atoms with E-state index in [1.807, 2.05) is 0 Å². The Hall–Kier alpha value is -2.01. The van der Waals surface area contributed by atoms with Gasteiger partial charge in [-0.1, -0.05) is 6.92 Å². The molecule has 10 heteroatoms. The molecular formula is C19H23N2O6S2-. The Labute approximate surface area is 172 Å². The molecule has 3 rings (SSSR count). The number of nitrogens with zero attached hydrogens (tertiary/aromatic N) is 1. The summed E-state index contributed by atoms with van der Waals surface area (Å²) in [5, 5.41) is 0. The molecule has 0 bridgehead atoms. The first-order valence-corrected chi connectivity index (χ1v) is 12.0. The van der Waals surface area contributed by atoms with E-state index in [1.165, 1.54) is 10.6 Å². The van der Waals surface area contributed by atoms with Crippen molar-refractivity contribution in [3.8, 4) is 16.9 Å². The van der Waals surface area contributed by atoms with Crippen molar-refractivity contribution in [2.45, 2.75) is 31.2 Å². The summed E-state index contributed by atoms with van der Waals surface area (Å²) in [5.74, 6) is 0.998. The number of nitrogens with one attached hydrogen (secondary N) is 1. The summed E-state index contributed by atoms with van der Waals surface area (Å²) in [5.41, 5.74) is 1.01. The van der Waals surface area contributed by atoms with Crippen LogP contribution in [0.3, 0.4) is 0 Å². The quantitative estimate of drug-likeness (QED) is 0.592. The lowest BCUT2D eigenvalue weighted by Crippen LogP contribution is -2.26. The molecule has 0 radical (unpaired) electrons. The molecule has 29 heavy (non-hydrogen) atoms. The van der Waals surface area contributed by atoms with Crippen LogP contribution in [-0.4, -0.2) is 34.1 Å². The molecule has 1 heterocycles. The zero-order valence-electron chi connectivity index (χ0n) is 16.2. The summed E-state index contributed by atoms with van der Waals surface area (Å²) in [7, 11) is -1.88. The smallest absolute Gasteiger partial charge is 0.254 e. The second-order valence-corrected chi connectivity index (χ2v) is 10.1. The Balaban J connectivity index is 2.09. The van der Waals surface area contributed by atoms with Crippen molar-refractivity contribution >= 4 is 21.1 Å². The molecule has 1 aromatic carbocycles. The Morgan fingerprint density at radius 2 is 2.03 bits per heavy atom. The summed E-state index contributed by atoms with van der Waals surface area (Å²) in [6.45, 7) is 1.95. The largest absolute Gasteiger partial charge is 0.760 e. The lowest BCUT2D eigenvalue weighted by molar-refractivity contribution is 0.301. The minimum atomic E-state index is -3.43. The predicted octanol–water partition coefficient (Wildman–Crippen LogP) is 1.52. The average Bonchev–Trinajstić information content (AvgIpc) is 3.51. The maximum Gasteiger partial charge on any atom is 0.254 e. The number of rotatable bonds is 9. The molecular weight excluding hydrogens is 416 g/mol. The minimum Gasteiger partial charge on any atom is -0.760 e. The van der Waals surface area contributed by atoms with E-state index in [2.05, 4.69) is 4.72 Å². The normalized spacial score (nSPS) is 15.3. The van der Waals surface area contributed by atoms with E-state index >= 15 is 0 Å². The van der Waals surface area contributed by atoms with Crippen LogP contribution in [0.2, 0.25) is 0 Å². The van der Waals surface area contributed by atoms with Crippen LogP contribution >= 0.6 is 0 Å². The fraction of sp³-hybridized carbons (Fsp3) is 0.421. The van der Waals surface area contributed by atoms with Crippen LogP contribution in [0.4, 0.5) is 0 Å². The third kappa shape index (κ3) is 5.33. The number of aromatic nitrogens is 1. The highest BCUT2D eigenvalue weighted by Crippen LogP contribution is 2.35. The van der Waals surface area contributed by atoms with Gasteiger partial charge in [0, 0.05) is 47.7 Å². The van der Waals surface area contributed by atoms with E-state index in [9.17, 15) is 22.0 Å². The molecule has 158 valence electrons. The van der Waals surface area contributed by atoms with Gasteiger partial charge in [-0.05, 0) is 43.0 Å². The van der Waals surface area contributed by atoms with Gasteiger partial charge in [0.15, 0.2) is 9.84 Å². The van der Waals surface area contributed by atoms with Crippen LogP contribution in [0.5, 0.6) is 5.75 Å². The van der Waals surface area contributed by atoms with Crippen molar-refractivity contribution in [3.05, 3.63) is 46.4 Å². The monoisotopic (exact) mass is 439 g/mol. The fourth-order valence-electron chi connectivity index (χ4n) is 2.90. The molecule has 1 saturated carbocycles. The van der Waals surface area contributed by atoms with Gasteiger partial charge in [0.05, 0.1) is 17.3 Å². The van der Waals surface area contributed by atoms with Gasteiger partial charge in [0.25, 0.3) is 5.56 Å². The van der Waals surface area contributed by atoms with Crippen molar-refractivity contribution in [3.63, 3.8) is 0 Å². The van der Waals surface area contributed by atoms with E-state index in [-0.39, 0.29) is 28.3 Å². The molecule has 0 saturated heterocycles. The number of aryl methyl sites for hydroxylation is 1. The first-order chi connectivity index (χ1) is 13.7. The van der Waals surface area contributed by atoms with E-state index in [0.29, 0.717) is 29.4 Å². The van der Waals surface area contributed by atoms with Crippen molar-refractivity contribution in [1.82, 2.24) is 9.29 Å². The van der Waals surface area contributed by atoms with Crippen LogP contribution in [0.15, 0.2) is 40.2 Å². The van der Waals surface area contributed by atoms with Crippen molar-refractivity contribution in [2.75, 3.05) is 12.4 Å². The Morgan fingerprint density at radius 1 is 1.31 bits per heavy atom. The highest BCUT2D eigenvalue weighted by molar-refractivity contribution is 7.91. The highest BCUT2D eigenvalue weighted by Gasteiger charge is 2.23. The number of ether oxygens (including phenoxy) is 1. The van der Waals surface area contributed by atoms with E-state index in [1.54, 1.807) is 38.4 Å². The molecule has 1 aromatic heterocycles. The van der Waals surface area contributed by atoms with Crippen molar-refractivity contribution in [1.29, 1.82) is 0 Å². The van der Waals surface area contributed by atoms with Gasteiger partial charge in [-0.15, -0.1) is 0 Å².